The topological polar surface area (TPSA) is 77.9 Å². The first-order valence-corrected chi connectivity index (χ1v) is 12.0. The lowest BCUT2D eigenvalue weighted by molar-refractivity contribution is -0.138. The minimum atomic E-state index is -3.80. The summed E-state index contributed by atoms with van der Waals surface area (Å²) in [5.41, 5.74) is 2.83. The zero-order valence-corrected chi connectivity index (χ0v) is 18.5. The Morgan fingerprint density at radius 3 is 2.65 bits per heavy atom. The quantitative estimate of drug-likeness (QED) is 0.760. The molecule has 0 bridgehead atoms. The molecule has 1 heterocycles. The van der Waals surface area contributed by atoms with Crippen molar-refractivity contribution in [1.82, 2.24) is 4.31 Å². The largest absolute Gasteiger partial charge is 0.481 e. The van der Waals surface area contributed by atoms with Crippen LogP contribution in [-0.4, -0.2) is 49.5 Å². The molecule has 1 aliphatic carbocycles. The third-order valence-corrected chi connectivity index (χ3v) is 8.39. The molecule has 2 aromatic carbocycles. The lowest BCUT2D eigenvalue weighted by Gasteiger charge is -2.41. The van der Waals surface area contributed by atoms with Gasteiger partial charge in [0.25, 0.3) is 0 Å². The number of carbonyl (C=O) groups is 1. The highest BCUT2D eigenvalue weighted by Gasteiger charge is 2.37. The van der Waals surface area contributed by atoms with Crippen molar-refractivity contribution in [2.24, 2.45) is 0 Å². The Hall–Kier alpha value is -2.45. The number of sulfonamides is 1. The van der Waals surface area contributed by atoms with Gasteiger partial charge in [0.05, 0.1) is 16.5 Å². The fraction of sp³-hybridized carbons (Fsp3) is 0.435. The van der Waals surface area contributed by atoms with E-state index in [4.69, 9.17) is 0 Å². The summed E-state index contributed by atoms with van der Waals surface area (Å²) in [6, 6.07) is 9.64. The van der Waals surface area contributed by atoms with E-state index in [0.717, 1.165) is 11.1 Å². The molecule has 0 saturated carbocycles. The maximum absolute atomic E-state index is 14.5. The SMILES string of the molecule is CCC1CN(c2ccc(C)cc2F)CCN1S(=O)(=O)c1ccc2c(c1)C(C(=O)O)CC2. The summed E-state index contributed by atoms with van der Waals surface area (Å²) in [6.45, 7) is 4.79. The first-order valence-electron chi connectivity index (χ1n) is 10.6. The lowest BCUT2D eigenvalue weighted by Crippen LogP contribution is -2.55. The van der Waals surface area contributed by atoms with Gasteiger partial charge in [0, 0.05) is 25.7 Å². The molecule has 2 aliphatic rings. The summed E-state index contributed by atoms with van der Waals surface area (Å²) >= 11 is 0. The van der Waals surface area contributed by atoms with Crippen molar-refractivity contribution in [2.75, 3.05) is 24.5 Å². The Morgan fingerprint density at radius 2 is 1.97 bits per heavy atom. The molecule has 0 spiro atoms. The normalized spacial score (nSPS) is 21.8. The van der Waals surface area contributed by atoms with Crippen LogP contribution in [0.5, 0.6) is 0 Å². The predicted octanol–water partition coefficient (Wildman–Crippen LogP) is 3.54. The molecule has 0 radical (unpaired) electrons. The van der Waals surface area contributed by atoms with Crippen LogP contribution < -0.4 is 4.90 Å². The van der Waals surface area contributed by atoms with Crippen LogP contribution in [0, 0.1) is 12.7 Å². The lowest BCUT2D eigenvalue weighted by atomic mass is 10.0. The number of carboxylic acid groups (broad SMARTS) is 1. The summed E-state index contributed by atoms with van der Waals surface area (Å²) in [6.07, 6.45) is 1.73. The smallest absolute Gasteiger partial charge is 0.310 e. The molecule has 166 valence electrons. The molecule has 4 rings (SSSR count). The number of aliphatic carboxylic acids is 1. The van der Waals surface area contributed by atoms with Gasteiger partial charge in [-0.25, -0.2) is 12.8 Å². The van der Waals surface area contributed by atoms with Gasteiger partial charge in [-0.05, 0) is 67.1 Å². The molecular weight excluding hydrogens is 419 g/mol. The molecule has 0 amide bonds. The van der Waals surface area contributed by atoms with Crippen LogP contribution in [0.4, 0.5) is 10.1 Å². The molecule has 2 unspecified atom stereocenters. The van der Waals surface area contributed by atoms with Crippen molar-refractivity contribution in [2.45, 2.75) is 50.0 Å². The first-order chi connectivity index (χ1) is 14.7. The second-order valence-electron chi connectivity index (χ2n) is 8.37. The number of anilines is 1. The van der Waals surface area contributed by atoms with E-state index in [9.17, 15) is 22.7 Å². The second-order valence-corrected chi connectivity index (χ2v) is 10.3. The summed E-state index contributed by atoms with van der Waals surface area (Å²) in [5.74, 6) is -1.88. The van der Waals surface area contributed by atoms with Crippen LogP contribution >= 0.6 is 0 Å². The third kappa shape index (κ3) is 3.94. The van der Waals surface area contributed by atoms with E-state index in [0.29, 0.717) is 43.6 Å². The van der Waals surface area contributed by atoms with Crippen LogP contribution in [0.1, 0.15) is 42.4 Å². The molecule has 1 aliphatic heterocycles. The van der Waals surface area contributed by atoms with Gasteiger partial charge in [-0.3, -0.25) is 4.79 Å². The zero-order valence-electron chi connectivity index (χ0n) is 17.7. The summed E-state index contributed by atoms with van der Waals surface area (Å²) in [7, 11) is -3.80. The molecule has 1 fully saturated rings. The number of aryl methyl sites for hydroxylation is 2. The highest BCUT2D eigenvalue weighted by atomic mass is 32.2. The monoisotopic (exact) mass is 446 g/mol. The minimum absolute atomic E-state index is 0.132. The van der Waals surface area contributed by atoms with E-state index < -0.39 is 21.9 Å². The van der Waals surface area contributed by atoms with Gasteiger partial charge in [-0.15, -0.1) is 0 Å². The van der Waals surface area contributed by atoms with Gasteiger partial charge in [0.2, 0.25) is 10.0 Å². The number of fused-ring (bicyclic) bond motifs is 1. The van der Waals surface area contributed by atoms with Gasteiger partial charge in [0.15, 0.2) is 0 Å². The number of rotatable bonds is 5. The highest BCUT2D eigenvalue weighted by Crippen LogP contribution is 2.36. The van der Waals surface area contributed by atoms with Crippen molar-refractivity contribution in [3.05, 3.63) is 58.9 Å². The summed E-state index contributed by atoms with van der Waals surface area (Å²) < 4.78 is 42.9. The van der Waals surface area contributed by atoms with Crippen LogP contribution in [0.15, 0.2) is 41.3 Å². The van der Waals surface area contributed by atoms with Crippen molar-refractivity contribution in [3.63, 3.8) is 0 Å². The van der Waals surface area contributed by atoms with Gasteiger partial charge in [-0.2, -0.15) is 4.31 Å². The Kier molecular flexibility index (Phi) is 5.79. The number of nitrogens with zero attached hydrogens (tertiary/aromatic N) is 2. The summed E-state index contributed by atoms with van der Waals surface area (Å²) in [4.78, 5) is 13.6. The second kappa shape index (κ2) is 8.24. The molecule has 0 aromatic heterocycles. The van der Waals surface area contributed by atoms with Crippen molar-refractivity contribution in [3.8, 4) is 0 Å². The maximum atomic E-state index is 14.5. The van der Waals surface area contributed by atoms with Crippen molar-refractivity contribution < 1.29 is 22.7 Å². The Morgan fingerprint density at radius 1 is 1.19 bits per heavy atom. The first kappa shape index (κ1) is 21.8. The maximum Gasteiger partial charge on any atom is 0.310 e. The van der Waals surface area contributed by atoms with Crippen molar-refractivity contribution >= 4 is 21.7 Å². The average Bonchev–Trinajstić information content (AvgIpc) is 3.17. The zero-order chi connectivity index (χ0) is 22.3. The Labute approximate surface area is 182 Å². The minimum Gasteiger partial charge on any atom is -0.481 e. The number of halogens is 1. The summed E-state index contributed by atoms with van der Waals surface area (Å²) in [5, 5.41) is 9.46. The number of hydrogen-bond donors (Lipinski definition) is 1. The van der Waals surface area contributed by atoms with Gasteiger partial charge >= 0.3 is 5.97 Å². The third-order valence-electron chi connectivity index (χ3n) is 6.44. The molecule has 2 aromatic rings. The molecule has 1 saturated heterocycles. The van der Waals surface area contributed by atoms with E-state index >= 15 is 0 Å². The van der Waals surface area contributed by atoms with E-state index in [-0.39, 0.29) is 23.3 Å². The fourth-order valence-corrected chi connectivity index (χ4v) is 6.42. The number of hydrogen-bond acceptors (Lipinski definition) is 4. The number of piperazine rings is 1. The predicted molar refractivity (Wildman–Crippen MR) is 116 cm³/mol. The van der Waals surface area contributed by atoms with Gasteiger partial charge in [0.1, 0.15) is 5.82 Å². The van der Waals surface area contributed by atoms with E-state index in [2.05, 4.69) is 0 Å². The molecule has 6 nitrogen and oxygen atoms in total. The average molecular weight is 447 g/mol. The van der Waals surface area contributed by atoms with Crippen LogP contribution in [-0.2, 0) is 21.2 Å². The fourth-order valence-electron chi connectivity index (χ4n) is 4.71. The molecule has 8 heteroatoms. The number of benzene rings is 2. The van der Waals surface area contributed by atoms with E-state index in [1.54, 1.807) is 18.2 Å². The standard InChI is InChI=1S/C23H27FN2O4S/c1-3-17-14-25(22-9-4-15(2)12-21(22)24)10-11-26(17)31(29,30)18-7-5-16-6-8-19(23(27)28)20(16)13-18/h4-5,7,9,12-13,17,19H,3,6,8,10-11,14H2,1-2H3,(H,27,28). The van der Waals surface area contributed by atoms with Crippen LogP contribution in [0.3, 0.4) is 0 Å². The Balaban J connectivity index is 1.61. The molecule has 2 atom stereocenters. The van der Waals surface area contributed by atoms with Gasteiger partial charge < -0.3 is 10.0 Å². The molecule has 31 heavy (non-hydrogen) atoms. The van der Waals surface area contributed by atoms with E-state index in [1.165, 1.54) is 16.4 Å². The highest BCUT2D eigenvalue weighted by molar-refractivity contribution is 7.89. The van der Waals surface area contributed by atoms with Crippen molar-refractivity contribution in [1.29, 1.82) is 0 Å². The van der Waals surface area contributed by atoms with Crippen LogP contribution in [0.2, 0.25) is 0 Å². The van der Waals surface area contributed by atoms with E-state index in [1.807, 2.05) is 24.8 Å². The molecular formula is C23H27FN2O4S. The number of carboxylic acids is 1. The van der Waals surface area contributed by atoms with Crippen LogP contribution in [0.25, 0.3) is 0 Å². The molecule has 1 N–H and O–H groups in total. The Bertz CT molecular complexity index is 1120. The van der Waals surface area contributed by atoms with Gasteiger partial charge in [-0.1, -0.05) is 19.1 Å².